The summed E-state index contributed by atoms with van der Waals surface area (Å²) in [6.07, 6.45) is 2.78. The molecule has 1 aliphatic rings. The molecular formula is C30H30N4O2S. The second-order valence-electron chi connectivity index (χ2n) is 9.48. The lowest BCUT2D eigenvalue weighted by Crippen LogP contribution is -2.29. The molecular weight excluding hydrogens is 480 g/mol. The largest absolute Gasteiger partial charge is 0.478 e. The van der Waals surface area contributed by atoms with Gasteiger partial charge in [-0.1, -0.05) is 31.2 Å². The molecule has 0 aliphatic carbocycles. The fraction of sp³-hybridized carbons (Fsp3) is 0.233. The van der Waals surface area contributed by atoms with E-state index in [0.717, 1.165) is 46.0 Å². The van der Waals surface area contributed by atoms with Gasteiger partial charge in [0.05, 0.1) is 23.3 Å². The average molecular weight is 511 g/mol. The number of rotatable bonds is 6. The van der Waals surface area contributed by atoms with Gasteiger partial charge in [-0.05, 0) is 98.6 Å². The Morgan fingerprint density at radius 1 is 1.05 bits per heavy atom. The van der Waals surface area contributed by atoms with Gasteiger partial charge in [0.1, 0.15) is 0 Å². The van der Waals surface area contributed by atoms with Crippen LogP contribution in [0.2, 0.25) is 0 Å². The quantitative estimate of drug-likeness (QED) is 0.300. The number of nitrogens with one attached hydrogen (secondary N) is 1. The zero-order valence-electron chi connectivity index (χ0n) is 21.4. The van der Waals surface area contributed by atoms with Crippen molar-refractivity contribution in [3.05, 3.63) is 112 Å². The lowest BCUT2D eigenvalue weighted by molar-refractivity contribution is 0.0697. The number of anilines is 1. The second kappa shape index (κ2) is 9.82. The summed E-state index contributed by atoms with van der Waals surface area (Å²) in [5.41, 5.74) is 8.51. The third kappa shape index (κ3) is 4.40. The highest BCUT2D eigenvalue weighted by molar-refractivity contribution is 7.80. The van der Waals surface area contributed by atoms with Crippen LogP contribution in [0.1, 0.15) is 63.1 Å². The normalized spacial score (nSPS) is 17.2. The summed E-state index contributed by atoms with van der Waals surface area (Å²) in [5, 5.41) is 13.8. The van der Waals surface area contributed by atoms with Crippen LogP contribution in [0.15, 0.2) is 72.9 Å². The third-order valence-electron chi connectivity index (χ3n) is 7.21. The summed E-state index contributed by atoms with van der Waals surface area (Å²) in [5.74, 6) is -0.939. The van der Waals surface area contributed by atoms with Gasteiger partial charge >= 0.3 is 5.97 Å². The Kier molecular flexibility index (Phi) is 6.56. The molecule has 188 valence electrons. The van der Waals surface area contributed by atoms with E-state index in [4.69, 9.17) is 12.2 Å². The third-order valence-corrected chi connectivity index (χ3v) is 7.52. The summed E-state index contributed by atoms with van der Waals surface area (Å²) in [6.45, 7) is 8.29. The first-order valence-corrected chi connectivity index (χ1v) is 12.8. The molecule has 0 bridgehead atoms. The maximum Gasteiger partial charge on any atom is 0.335 e. The minimum Gasteiger partial charge on any atom is -0.478 e. The van der Waals surface area contributed by atoms with Crippen molar-refractivity contribution in [1.29, 1.82) is 0 Å². The zero-order chi connectivity index (χ0) is 26.3. The van der Waals surface area contributed by atoms with Gasteiger partial charge < -0.3 is 19.9 Å². The number of hydrogen-bond acceptors (Lipinski definition) is 3. The summed E-state index contributed by atoms with van der Waals surface area (Å²) < 4.78 is 2.15. The Labute approximate surface area is 222 Å². The molecule has 2 N–H and O–H groups in total. The monoisotopic (exact) mass is 510 g/mol. The van der Waals surface area contributed by atoms with Gasteiger partial charge in [0.25, 0.3) is 0 Å². The number of carboxylic acids is 1. The van der Waals surface area contributed by atoms with Gasteiger partial charge in [-0.25, -0.2) is 4.79 Å². The van der Waals surface area contributed by atoms with E-state index in [0.29, 0.717) is 5.11 Å². The molecule has 1 saturated heterocycles. The molecule has 37 heavy (non-hydrogen) atoms. The Hall–Kier alpha value is -3.97. The number of thiocarbonyl (C=S) groups is 1. The molecule has 0 saturated carbocycles. The van der Waals surface area contributed by atoms with Crippen molar-refractivity contribution in [2.24, 2.45) is 0 Å². The first-order valence-electron chi connectivity index (χ1n) is 12.4. The number of carboxylic acid groups (broad SMARTS) is 1. The van der Waals surface area contributed by atoms with Gasteiger partial charge in [0, 0.05) is 29.0 Å². The number of pyridine rings is 1. The summed E-state index contributed by atoms with van der Waals surface area (Å²) in [4.78, 5) is 18.6. The highest BCUT2D eigenvalue weighted by Crippen LogP contribution is 2.44. The first kappa shape index (κ1) is 24.7. The molecule has 0 amide bonds. The van der Waals surface area contributed by atoms with Gasteiger partial charge in [-0.2, -0.15) is 0 Å². The van der Waals surface area contributed by atoms with E-state index in [9.17, 15) is 9.90 Å². The Morgan fingerprint density at radius 3 is 2.46 bits per heavy atom. The molecule has 3 heterocycles. The molecule has 5 rings (SSSR count). The number of benzene rings is 2. The topological polar surface area (TPSA) is 70.4 Å². The standard InChI is InChI=1S/C30H30N4O2S/c1-5-21-10-13-23(14-11-21)34-28(27(32-30(34)37)25-8-6-7-15-31-25)24-16-19(3)33(20(24)4)26-17-22(29(35)36)12-9-18(26)2/h6-17,27-28H,5H2,1-4H3,(H,32,37)(H,35,36)/t27-,28-/m1/s1. The van der Waals surface area contributed by atoms with Crippen LogP contribution >= 0.6 is 12.2 Å². The molecule has 0 spiro atoms. The van der Waals surface area contributed by atoms with Crippen molar-refractivity contribution >= 4 is 29.0 Å². The van der Waals surface area contributed by atoms with Crippen molar-refractivity contribution < 1.29 is 9.90 Å². The van der Waals surface area contributed by atoms with E-state index in [2.05, 4.69) is 70.9 Å². The summed E-state index contributed by atoms with van der Waals surface area (Å²) in [6, 6.07) is 21.6. The van der Waals surface area contributed by atoms with Crippen molar-refractivity contribution in [3.8, 4) is 5.69 Å². The van der Waals surface area contributed by atoms with Gasteiger partial charge in [0.2, 0.25) is 0 Å². The van der Waals surface area contributed by atoms with E-state index in [-0.39, 0.29) is 17.6 Å². The van der Waals surface area contributed by atoms with Crippen LogP contribution in [0.25, 0.3) is 5.69 Å². The van der Waals surface area contributed by atoms with Crippen molar-refractivity contribution in [2.45, 2.75) is 46.2 Å². The summed E-state index contributed by atoms with van der Waals surface area (Å²) in [7, 11) is 0. The average Bonchev–Trinajstić information content (AvgIpc) is 3.39. The lowest BCUT2D eigenvalue weighted by atomic mass is 9.96. The second-order valence-corrected chi connectivity index (χ2v) is 9.87. The number of aromatic carboxylic acids is 1. The Morgan fingerprint density at radius 2 is 1.81 bits per heavy atom. The first-order chi connectivity index (χ1) is 17.8. The minimum absolute atomic E-state index is 0.141. The fourth-order valence-corrected chi connectivity index (χ4v) is 5.63. The maximum absolute atomic E-state index is 11.7. The van der Waals surface area contributed by atoms with E-state index >= 15 is 0 Å². The maximum atomic E-state index is 11.7. The lowest BCUT2D eigenvalue weighted by Gasteiger charge is -2.28. The van der Waals surface area contributed by atoms with Gasteiger partial charge in [-0.3, -0.25) is 4.98 Å². The van der Waals surface area contributed by atoms with Crippen LogP contribution in [-0.4, -0.2) is 25.7 Å². The van der Waals surface area contributed by atoms with Crippen LogP contribution in [0.3, 0.4) is 0 Å². The number of carbonyl (C=O) groups is 1. The van der Waals surface area contributed by atoms with E-state index in [1.807, 2.05) is 31.2 Å². The molecule has 2 aromatic carbocycles. The molecule has 0 unspecified atom stereocenters. The number of aryl methyl sites for hydroxylation is 3. The van der Waals surface area contributed by atoms with Crippen LogP contribution < -0.4 is 10.2 Å². The zero-order valence-corrected chi connectivity index (χ0v) is 22.2. The van der Waals surface area contributed by atoms with E-state index in [1.165, 1.54) is 5.56 Å². The molecule has 2 aromatic heterocycles. The summed E-state index contributed by atoms with van der Waals surface area (Å²) >= 11 is 5.90. The van der Waals surface area contributed by atoms with E-state index < -0.39 is 5.97 Å². The molecule has 2 atom stereocenters. The van der Waals surface area contributed by atoms with Crippen LogP contribution in [0, 0.1) is 20.8 Å². The van der Waals surface area contributed by atoms with Crippen molar-refractivity contribution in [2.75, 3.05) is 4.90 Å². The SMILES string of the molecule is CCc1ccc(N2C(=S)N[C@H](c3ccccn3)[C@H]2c2cc(C)n(-c3cc(C(=O)O)ccc3C)c2C)cc1. The number of hydrogen-bond donors (Lipinski definition) is 2. The highest BCUT2D eigenvalue weighted by Gasteiger charge is 2.42. The molecule has 7 heteroatoms. The minimum atomic E-state index is -0.939. The Balaban J connectivity index is 1.68. The van der Waals surface area contributed by atoms with Crippen LogP contribution in [0.5, 0.6) is 0 Å². The molecule has 4 aromatic rings. The Bertz CT molecular complexity index is 1480. The number of nitrogens with zero attached hydrogens (tertiary/aromatic N) is 3. The fourth-order valence-electron chi connectivity index (χ4n) is 5.28. The molecule has 1 aliphatic heterocycles. The van der Waals surface area contributed by atoms with Crippen LogP contribution in [0.4, 0.5) is 5.69 Å². The highest BCUT2D eigenvalue weighted by atomic mass is 32.1. The molecule has 0 radical (unpaired) electrons. The predicted molar refractivity (Wildman–Crippen MR) is 151 cm³/mol. The van der Waals surface area contributed by atoms with Crippen LogP contribution in [-0.2, 0) is 6.42 Å². The predicted octanol–water partition coefficient (Wildman–Crippen LogP) is 6.24. The van der Waals surface area contributed by atoms with Crippen molar-refractivity contribution in [3.63, 3.8) is 0 Å². The molecule has 6 nitrogen and oxygen atoms in total. The number of aromatic nitrogens is 2. The van der Waals surface area contributed by atoms with Gasteiger partial charge in [-0.15, -0.1) is 0 Å². The van der Waals surface area contributed by atoms with E-state index in [1.54, 1.807) is 18.3 Å². The van der Waals surface area contributed by atoms with Crippen molar-refractivity contribution in [1.82, 2.24) is 14.9 Å². The smallest absolute Gasteiger partial charge is 0.335 e. The molecule has 1 fully saturated rings. The van der Waals surface area contributed by atoms with Gasteiger partial charge in [0.15, 0.2) is 5.11 Å².